The van der Waals surface area contributed by atoms with Crippen LogP contribution in [-0.2, 0) is 0 Å². The minimum absolute atomic E-state index is 0.110. The molecule has 3 rings (SSSR count). The lowest BCUT2D eigenvalue weighted by Crippen LogP contribution is -2.70. The van der Waals surface area contributed by atoms with Crippen molar-refractivity contribution in [2.24, 2.45) is 0 Å². The summed E-state index contributed by atoms with van der Waals surface area (Å²) >= 11 is 0. The lowest BCUT2D eigenvalue weighted by Gasteiger charge is -2.54. The number of hydrogen-bond donors (Lipinski definition) is 3. The highest BCUT2D eigenvalue weighted by molar-refractivity contribution is 5.94. The van der Waals surface area contributed by atoms with E-state index >= 15 is 0 Å². The summed E-state index contributed by atoms with van der Waals surface area (Å²) in [4.78, 5) is 26.7. The molecule has 3 atom stereocenters. The number of aliphatic hydroxyl groups is 1. The summed E-state index contributed by atoms with van der Waals surface area (Å²) in [7, 11) is 0. The summed E-state index contributed by atoms with van der Waals surface area (Å²) in [6.45, 7) is 2.52. The second kappa shape index (κ2) is 9.52. The number of urea groups is 1. The second-order valence-corrected chi connectivity index (χ2v) is 7.11. The summed E-state index contributed by atoms with van der Waals surface area (Å²) < 4.78 is 13.4. The van der Waals surface area contributed by atoms with Gasteiger partial charge < -0.3 is 20.6 Å². The third-order valence-corrected chi connectivity index (χ3v) is 5.23. The predicted octanol–water partition coefficient (Wildman–Crippen LogP) is 2.50. The first kappa shape index (κ1) is 20.8. The highest BCUT2D eigenvalue weighted by atomic mass is 19.1. The Morgan fingerprint density at radius 2 is 1.83 bits per heavy atom. The van der Waals surface area contributed by atoms with E-state index in [2.05, 4.69) is 10.6 Å². The molecule has 1 aliphatic heterocycles. The van der Waals surface area contributed by atoms with Crippen molar-refractivity contribution in [3.8, 4) is 0 Å². The molecular formula is C22H26FN3O3. The number of nitrogens with zero attached hydrogens (tertiary/aromatic N) is 1. The van der Waals surface area contributed by atoms with Gasteiger partial charge in [-0.05, 0) is 30.2 Å². The summed E-state index contributed by atoms with van der Waals surface area (Å²) in [6, 6.07) is 14.2. The predicted molar refractivity (Wildman–Crippen MR) is 108 cm³/mol. The lowest BCUT2D eigenvalue weighted by atomic mass is 9.75. The standard InChI is InChI=1S/C22H26FN3O3/c1-2-11-24-22(29)26-18(13-25-21(28)16-9-6-10-17(23)12-16)20(19(26)14-27)15-7-4-3-5-8-15/h3-10,12,18-20,27H,2,11,13-14H2,1H3,(H,24,29)(H,25,28)/t18-,19-,20-/m1/s1. The Morgan fingerprint density at radius 1 is 1.07 bits per heavy atom. The largest absolute Gasteiger partial charge is 0.394 e. The Balaban J connectivity index is 1.77. The number of amides is 3. The zero-order valence-corrected chi connectivity index (χ0v) is 16.3. The first-order valence-corrected chi connectivity index (χ1v) is 9.82. The van der Waals surface area contributed by atoms with Gasteiger partial charge in [0.2, 0.25) is 0 Å². The average molecular weight is 399 g/mol. The number of halogens is 1. The molecule has 0 aromatic heterocycles. The van der Waals surface area contributed by atoms with Crippen molar-refractivity contribution < 1.29 is 19.1 Å². The smallest absolute Gasteiger partial charge is 0.318 e. The quantitative estimate of drug-likeness (QED) is 0.669. The third kappa shape index (κ3) is 4.56. The van der Waals surface area contributed by atoms with Crippen LogP contribution in [0.5, 0.6) is 0 Å². The highest BCUT2D eigenvalue weighted by Crippen LogP contribution is 2.40. The molecule has 1 saturated heterocycles. The molecule has 0 radical (unpaired) electrons. The van der Waals surface area contributed by atoms with Crippen LogP contribution in [0.1, 0.15) is 35.2 Å². The molecule has 3 amide bonds. The fourth-order valence-electron chi connectivity index (χ4n) is 3.85. The number of hydrogen-bond acceptors (Lipinski definition) is 3. The molecule has 0 spiro atoms. The number of rotatable bonds is 7. The molecule has 0 saturated carbocycles. The van der Waals surface area contributed by atoms with E-state index in [0.29, 0.717) is 6.54 Å². The molecule has 0 aliphatic carbocycles. The second-order valence-electron chi connectivity index (χ2n) is 7.11. The maximum Gasteiger partial charge on any atom is 0.318 e. The average Bonchev–Trinajstić information content (AvgIpc) is 2.72. The summed E-state index contributed by atoms with van der Waals surface area (Å²) in [5.74, 6) is -0.997. The first-order valence-electron chi connectivity index (χ1n) is 9.82. The van der Waals surface area contributed by atoms with Gasteiger partial charge in [-0.15, -0.1) is 0 Å². The molecule has 2 aromatic rings. The molecule has 2 aromatic carbocycles. The molecule has 1 fully saturated rings. The van der Waals surface area contributed by atoms with E-state index in [9.17, 15) is 19.1 Å². The molecule has 154 valence electrons. The Kier molecular flexibility index (Phi) is 6.82. The van der Waals surface area contributed by atoms with Gasteiger partial charge >= 0.3 is 6.03 Å². The molecule has 1 heterocycles. The van der Waals surface area contributed by atoms with Gasteiger partial charge in [-0.25, -0.2) is 9.18 Å². The van der Waals surface area contributed by atoms with Crippen molar-refractivity contribution >= 4 is 11.9 Å². The number of carbonyl (C=O) groups is 2. The van der Waals surface area contributed by atoms with E-state index in [4.69, 9.17) is 0 Å². The minimum Gasteiger partial charge on any atom is -0.394 e. The summed E-state index contributed by atoms with van der Waals surface area (Å²) in [6.07, 6.45) is 0.798. The van der Waals surface area contributed by atoms with E-state index < -0.39 is 11.7 Å². The first-order chi connectivity index (χ1) is 14.1. The van der Waals surface area contributed by atoms with Crippen molar-refractivity contribution in [2.45, 2.75) is 31.3 Å². The fraction of sp³-hybridized carbons (Fsp3) is 0.364. The zero-order valence-electron chi connectivity index (χ0n) is 16.3. The lowest BCUT2D eigenvalue weighted by molar-refractivity contribution is -0.00687. The van der Waals surface area contributed by atoms with Crippen LogP contribution < -0.4 is 10.6 Å². The molecule has 7 heteroatoms. The van der Waals surface area contributed by atoms with Crippen LogP contribution in [0.4, 0.5) is 9.18 Å². The zero-order chi connectivity index (χ0) is 20.8. The van der Waals surface area contributed by atoms with Gasteiger partial charge in [-0.2, -0.15) is 0 Å². The van der Waals surface area contributed by atoms with Crippen LogP contribution in [0.3, 0.4) is 0 Å². The van der Waals surface area contributed by atoms with Gasteiger partial charge in [0.1, 0.15) is 5.82 Å². The van der Waals surface area contributed by atoms with E-state index in [1.165, 1.54) is 24.3 Å². The maximum atomic E-state index is 13.4. The summed E-state index contributed by atoms with van der Waals surface area (Å²) in [5, 5.41) is 15.6. The minimum atomic E-state index is -0.482. The Bertz CT molecular complexity index is 846. The maximum absolute atomic E-state index is 13.4. The highest BCUT2D eigenvalue weighted by Gasteiger charge is 2.51. The van der Waals surface area contributed by atoms with E-state index in [1.807, 2.05) is 37.3 Å². The van der Waals surface area contributed by atoms with Crippen molar-refractivity contribution in [1.29, 1.82) is 0 Å². The van der Waals surface area contributed by atoms with Gasteiger partial charge in [0.25, 0.3) is 5.91 Å². The number of likely N-dealkylation sites (tertiary alicyclic amines) is 1. The topological polar surface area (TPSA) is 81.7 Å². The Hall–Kier alpha value is -2.93. The van der Waals surface area contributed by atoms with Crippen LogP contribution in [0, 0.1) is 5.82 Å². The van der Waals surface area contributed by atoms with Crippen molar-refractivity contribution in [3.63, 3.8) is 0 Å². The van der Waals surface area contributed by atoms with Crippen molar-refractivity contribution in [2.75, 3.05) is 19.7 Å². The van der Waals surface area contributed by atoms with Crippen LogP contribution in [-0.4, -0.2) is 53.7 Å². The van der Waals surface area contributed by atoms with Gasteiger partial charge in [0, 0.05) is 24.6 Å². The normalized spacial score (nSPS) is 20.7. The number of benzene rings is 2. The number of nitrogens with one attached hydrogen (secondary N) is 2. The van der Waals surface area contributed by atoms with Gasteiger partial charge in [0.05, 0.1) is 18.7 Å². The van der Waals surface area contributed by atoms with Crippen LogP contribution in [0.15, 0.2) is 54.6 Å². The molecular weight excluding hydrogens is 373 g/mol. The van der Waals surface area contributed by atoms with E-state index in [0.717, 1.165) is 12.0 Å². The number of aliphatic hydroxyl groups excluding tert-OH is 1. The van der Waals surface area contributed by atoms with Gasteiger partial charge in [0.15, 0.2) is 0 Å². The van der Waals surface area contributed by atoms with Crippen molar-refractivity contribution in [3.05, 3.63) is 71.5 Å². The van der Waals surface area contributed by atoms with Gasteiger partial charge in [-0.1, -0.05) is 43.3 Å². The van der Waals surface area contributed by atoms with E-state index in [1.54, 1.807) is 4.90 Å². The van der Waals surface area contributed by atoms with E-state index in [-0.39, 0.29) is 42.7 Å². The number of carbonyl (C=O) groups excluding carboxylic acids is 2. The molecule has 0 bridgehead atoms. The third-order valence-electron chi connectivity index (χ3n) is 5.23. The van der Waals surface area contributed by atoms with Crippen molar-refractivity contribution in [1.82, 2.24) is 15.5 Å². The molecule has 1 aliphatic rings. The summed E-state index contributed by atoms with van der Waals surface area (Å²) in [5.41, 5.74) is 1.22. The van der Waals surface area contributed by atoms with Gasteiger partial charge in [-0.3, -0.25) is 4.79 Å². The monoisotopic (exact) mass is 399 g/mol. The molecule has 0 unspecified atom stereocenters. The molecule has 3 N–H and O–H groups in total. The molecule has 6 nitrogen and oxygen atoms in total. The fourth-order valence-corrected chi connectivity index (χ4v) is 3.85. The van der Waals surface area contributed by atoms with Crippen LogP contribution in [0.2, 0.25) is 0 Å². The Labute approximate surface area is 169 Å². The molecule has 29 heavy (non-hydrogen) atoms. The Morgan fingerprint density at radius 3 is 2.48 bits per heavy atom. The van der Waals surface area contributed by atoms with Crippen LogP contribution in [0.25, 0.3) is 0 Å². The SMILES string of the molecule is CCCNC(=O)N1[C@H](CO)[C@H](c2ccccc2)[C@H]1CNC(=O)c1cccc(F)c1. The van der Waals surface area contributed by atoms with Crippen LogP contribution >= 0.6 is 0 Å².